The molecule has 0 fully saturated rings. The standard InChI is InChI=1S/C14H20N2O2/c1-10(9-17)16(2)14(18)12-7-8-15-13-6-4-3-5-11(12)13/h3-6,10,12,15,17H,7-9H2,1-2H3. The van der Waals surface area contributed by atoms with Crippen molar-refractivity contribution in [3.05, 3.63) is 29.8 Å². The van der Waals surface area contributed by atoms with Gasteiger partial charge in [0.05, 0.1) is 18.6 Å². The van der Waals surface area contributed by atoms with Gasteiger partial charge in [0.2, 0.25) is 5.91 Å². The molecule has 1 aliphatic rings. The van der Waals surface area contributed by atoms with Crippen LogP contribution in [0.3, 0.4) is 0 Å². The molecule has 2 unspecified atom stereocenters. The number of hydrogen-bond donors (Lipinski definition) is 2. The maximum absolute atomic E-state index is 12.4. The minimum atomic E-state index is -0.139. The lowest BCUT2D eigenvalue weighted by Crippen LogP contribution is -2.41. The van der Waals surface area contributed by atoms with Crippen LogP contribution in [0, 0.1) is 0 Å². The molecule has 18 heavy (non-hydrogen) atoms. The number of aliphatic hydroxyl groups is 1. The number of anilines is 1. The highest BCUT2D eigenvalue weighted by Gasteiger charge is 2.29. The number of nitrogens with zero attached hydrogens (tertiary/aromatic N) is 1. The van der Waals surface area contributed by atoms with Crippen molar-refractivity contribution in [3.63, 3.8) is 0 Å². The summed E-state index contributed by atoms with van der Waals surface area (Å²) in [6, 6.07) is 7.80. The number of hydrogen-bond acceptors (Lipinski definition) is 3. The molecule has 4 heteroatoms. The van der Waals surface area contributed by atoms with E-state index >= 15 is 0 Å². The number of para-hydroxylation sites is 1. The lowest BCUT2D eigenvalue weighted by atomic mass is 9.89. The first-order valence-electron chi connectivity index (χ1n) is 6.35. The zero-order valence-electron chi connectivity index (χ0n) is 10.9. The quantitative estimate of drug-likeness (QED) is 0.850. The van der Waals surface area contributed by atoms with Gasteiger partial charge < -0.3 is 15.3 Å². The second-order valence-corrected chi connectivity index (χ2v) is 4.84. The van der Waals surface area contributed by atoms with E-state index < -0.39 is 0 Å². The van der Waals surface area contributed by atoms with Crippen LogP contribution in [-0.2, 0) is 4.79 Å². The molecule has 0 aromatic heterocycles. The second kappa shape index (κ2) is 5.40. The SMILES string of the molecule is CC(CO)N(C)C(=O)C1CCNc2ccccc21. The molecule has 0 saturated heterocycles. The number of benzene rings is 1. The van der Waals surface area contributed by atoms with E-state index in [2.05, 4.69) is 5.32 Å². The Bertz CT molecular complexity index is 434. The Hall–Kier alpha value is -1.55. The Morgan fingerprint density at radius 1 is 1.56 bits per heavy atom. The number of nitrogens with one attached hydrogen (secondary N) is 1. The molecule has 0 aliphatic carbocycles. The van der Waals surface area contributed by atoms with Gasteiger partial charge in [-0.25, -0.2) is 0 Å². The minimum absolute atomic E-state index is 0.00510. The summed E-state index contributed by atoms with van der Waals surface area (Å²) < 4.78 is 0. The number of likely N-dealkylation sites (N-methyl/N-ethyl adjacent to an activating group) is 1. The molecule has 1 amide bonds. The minimum Gasteiger partial charge on any atom is -0.394 e. The third-order valence-corrected chi connectivity index (χ3v) is 3.66. The molecule has 0 spiro atoms. The summed E-state index contributed by atoms with van der Waals surface area (Å²) in [4.78, 5) is 14.1. The number of amides is 1. The molecule has 2 atom stereocenters. The maximum Gasteiger partial charge on any atom is 0.230 e. The number of aliphatic hydroxyl groups excluding tert-OH is 1. The topological polar surface area (TPSA) is 52.6 Å². The van der Waals surface area contributed by atoms with Gasteiger partial charge in [-0.15, -0.1) is 0 Å². The molecule has 0 radical (unpaired) electrons. The Labute approximate surface area is 108 Å². The third kappa shape index (κ3) is 2.34. The van der Waals surface area contributed by atoms with E-state index in [1.807, 2.05) is 31.2 Å². The van der Waals surface area contributed by atoms with Gasteiger partial charge in [-0.3, -0.25) is 4.79 Å². The summed E-state index contributed by atoms with van der Waals surface area (Å²) in [6.07, 6.45) is 0.804. The van der Waals surface area contributed by atoms with Gasteiger partial charge in [-0.1, -0.05) is 18.2 Å². The first kappa shape index (κ1) is 12.9. The summed E-state index contributed by atoms with van der Waals surface area (Å²) in [6.45, 7) is 2.66. The highest BCUT2D eigenvalue weighted by atomic mass is 16.3. The summed E-state index contributed by atoms with van der Waals surface area (Å²) in [5, 5.41) is 12.5. The maximum atomic E-state index is 12.4. The highest BCUT2D eigenvalue weighted by molar-refractivity contribution is 5.86. The number of rotatable bonds is 3. The molecular weight excluding hydrogens is 228 g/mol. The smallest absolute Gasteiger partial charge is 0.230 e. The fourth-order valence-corrected chi connectivity index (χ4v) is 2.31. The van der Waals surface area contributed by atoms with Crippen LogP contribution in [0.5, 0.6) is 0 Å². The van der Waals surface area contributed by atoms with Gasteiger partial charge in [0.1, 0.15) is 0 Å². The lowest BCUT2D eigenvalue weighted by molar-refractivity contribution is -0.134. The van der Waals surface area contributed by atoms with Crippen LogP contribution in [0.25, 0.3) is 0 Å². The van der Waals surface area contributed by atoms with Crippen LogP contribution < -0.4 is 5.32 Å². The predicted molar refractivity (Wildman–Crippen MR) is 71.6 cm³/mol. The molecule has 0 bridgehead atoms. The van der Waals surface area contributed by atoms with E-state index in [0.717, 1.165) is 24.2 Å². The molecule has 0 saturated carbocycles. The van der Waals surface area contributed by atoms with Crippen LogP contribution in [0.1, 0.15) is 24.8 Å². The first-order chi connectivity index (χ1) is 8.65. The van der Waals surface area contributed by atoms with Crippen molar-refractivity contribution in [1.29, 1.82) is 0 Å². The third-order valence-electron chi connectivity index (χ3n) is 3.66. The number of fused-ring (bicyclic) bond motifs is 1. The second-order valence-electron chi connectivity index (χ2n) is 4.84. The van der Waals surface area contributed by atoms with Crippen molar-refractivity contribution >= 4 is 11.6 Å². The molecule has 1 aromatic carbocycles. The Kier molecular flexibility index (Phi) is 3.87. The summed E-state index contributed by atoms with van der Waals surface area (Å²) in [5.74, 6) is -0.00745. The molecule has 2 rings (SSSR count). The van der Waals surface area contributed by atoms with Crippen molar-refractivity contribution in [1.82, 2.24) is 4.90 Å². The fraction of sp³-hybridized carbons (Fsp3) is 0.500. The van der Waals surface area contributed by atoms with Crippen LogP contribution in [-0.4, -0.2) is 42.2 Å². The van der Waals surface area contributed by atoms with Crippen molar-refractivity contribution in [2.24, 2.45) is 0 Å². The van der Waals surface area contributed by atoms with Crippen LogP contribution >= 0.6 is 0 Å². The number of carbonyl (C=O) groups is 1. The van der Waals surface area contributed by atoms with E-state index in [1.165, 1.54) is 0 Å². The van der Waals surface area contributed by atoms with Crippen LogP contribution in [0.4, 0.5) is 5.69 Å². The van der Waals surface area contributed by atoms with Crippen LogP contribution in [0.2, 0.25) is 0 Å². The first-order valence-corrected chi connectivity index (χ1v) is 6.35. The zero-order chi connectivity index (χ0) is 13.1. The Morgan fingerprint density at radius 3 is 3.00 bits per heavy atom. The van der Waals surface area contributed by atoms with E-state index in [0.29, 0.717) is 0 Å². The summed E-state index contributed by atoms with van der Waals surface area (Å²) >= 11 is 0. The summed E-state index contributed by atoms with van der Waals surface area (Å²) in [5.41, 5.74) is 2.11. The van der Waals surface area contributed by atoms with Crippen molar-refractivity contribution < 1.29 is 9.90 Å². The average Bonchev–Trinajstić information content (AvgIpc) is 2.44. The molecule has 2 N–H and O–H groups in total. The molecular formula is C14H20N2O2. The van der Waals surface area contributed by atoms with Gasteiger partial charge >= 0.3 is 0 Å². The molecule has 98 valence electrons. The van der Waals surface area contributed by atoms with Crippen molar-refractivity contribution in [3.8, 4) is 0 Å². The van der Waals surface area contributed by atoms with Gasteiger partial charge in [0, 0.05) is 19.3 Å². The zero-order valence-corrected chi connectivity index (χ0v) is 10.9. The van der Waals surface area contributed by atoms with Gasteiger partial charge in [0.25, 0.3) is 0 Å². The normalized spacial score (nSPS) is 19.6. The average molecular weight is 248 g/mol. The van der Waals surface area contributed by atoms with Gasteiger partial charge in [0.15, 0.2) is 0 Å². The molecule has 1 aliphatic heterocycles. The largest absolute Gasteiger partial charge is 0.394 e. The Morgan fingerprint density at radius 2 is 2.28 bits per heavy atom. The predicted octanol–water partition coefficient (Wildman–Crippen LogP) is 1.42. The summed E-state index contributed by atoms with van der Waals surface area (Å²) in [7, 11) is 1.76. The molecule has 1 heterocycles. The van der Waals surface area contributed by atoms with E-state index in [1.54, 1.807) is 11.9 Å². The van der Waals surface area contributed by atoms with E-state index in [4.69, 9.17) is 5.11 Å². The lowest BCUT2D eigenvalue weighted by Gasteiger charge is -2.31. The van der Waals surface area contributed by atoms with Crippen molar-refractivity contribution in [2.75, 3.05) is 25.5 Å². The molecule has 4 nitrogen and oxygen atoms in total. The van der Waals surface area contributed by atoms with E-state index in [-0.39, 0.29) is 24.5 Å². The highest BCUT2D eigenvalue weighted by Crippen LogP contribution is 2.32. The monoisotopic (exact) mass is 248 g/mol. The van der Waals surface area contributed by atoms with Crippen LogP contribution in [0.15, 0.2) is 24.3 Å². The Balaban J connectivity index is 2.22. The van der Waals surface area contributed by atoms with Gasteiger partial charge in [-0.2, -0.15) is 0 Å². The van der Waals surface area contributed by atoms with E-state index in [9.17, 15) is 4.79 Å². The molecule has 1 aromatic rings. The fourth-order valence-electron chi connectivity index (χ4n) is 2.31. The van der Waals surface area contributed by atoms with Gasteiger partial charge in [-0.05, 0) is 25.0 Å². The number of carbonyl (C=O) groups excluding carboxylic acids is 1. The van der Waals surface area contributed by atoms with Crippen molar-refractivity contribution in [2.45, 2.75) is 25.3 Å².